The van der Waals surface area contributed by atoms with Crippen molar-refractivity contribution in [3.05, 3.63) is 17.7 Å². The van der Waals surface area contributed by atoms with Gasteiger partial charge < -0.3 is 19.5 Å². The van der Waals surface area contributed by atoms with Crippen molar-refractivity contribution in [2.24, 2.45) is 0 Å². The second-order valence-corrected chi connectivity index (χ2v) is 7.15. The molecule has 1 aliphatic heterocycles. The molecule has 0 unspecified atom stereocenters. The molecule has 1 aromatic rings. The number of ether oxygens (including phenoxy) is 3. The minimum Gasteiger partial charge on any atom is -0.492 e. The predicted molar refractivity (Wildman–Crippen MR) is 79.8 cm³/mol. The van der Waals surface area contributed by atoms with Gasteiger partial charge in [-0.25, -0.2) is 8.42 Å². The summed E-state index contributed by atoms with van der Waals surface area (Å²) in [6, 6.07) is 3.61. The topological polar surface area (TPSA) is 73.9 Å². The number of benzene rings is 1. The lowest BCUT2D eigenvalue weighted by Gasteiger charge is -2.12. The zero-order chi connectivity index (χ0) is 15.3. The van der Waals surface area contributed by atoms with Crippen molar-refractivity contribution in [1.29, 1.82) is 0 Å². The van der Waals surface area contributed by atoms with Gasteiger partial charge in [-0.05, 0) is 19.5 Å². The largest absolute Gasteiger partial charge is 0.492 e. The Morgan fingerprint density at radius 1 is 1.24 bits per heavy atom. The molecule has 0 fully saturated rings. The van der Waals surface area contributed by atoms with Crippen LogP contribution in [0, 0.1) is 0 Å². The summed E-state index contributed by atoms with van der Waals surface area (Å²) in [6.45, 7) is 2.79. The monoisotopic (exact) mass is 315 g/mol. The molecule has 0 bridgehead atoms. The van der Waals surface area contributed by atoms with Gasteiger partial charge in [-0.1, -0.05) is 6.92 Å². The number of nitrogens with one attached hydrogen (secondary N) is 1. The van der Waals surface area contributed by atoms with Gasteiger partial charge in [0.25, 0.3) is 0 Å². The molecule has 7 heteroatoms. The second-order valence-electron chi connectivity index (χ2n) is 4.84. The van der Waals surface area contributed by atoms with E-state index < -0.39 is 9.84 Å². The van der Waals surface area contributed by atoms with Crippen molar-refractivity contribution in [1.82, 2.24) is 5.32 Å². The highest BCUT2D eigenvalue weighted by atomic mass is 32.2. The molecule has 2 rings (SSSR count). The van der Waals surface area contributed by atoms with Crippen molar-refractivity contribution in [2.45, 2.75) is 19.9 Å². The summed E-state index contributed by atoms with van der Waals surface area (Å²) >= 11 is 0. The quantitative estimate of drug-likeness (QED) is 0.780. The third-order valence-corrected chi connectivity index (χ3v) is 4.91. The van der Waals surface area contributed by atoms with Crippen LogP contribution in [-0.2, 0) is 16.4 Å². The number of hydrogen-bond acceptors (Lipinski definition) is 6. The van der Waals surface area contributed by atoms with Gasteiger partial charge in [0.05, 0.1) is 11.5 Å². The van der Waals surface area contributed by atoms with Crippen molar-refractivity contribution in [3.63, 3.8) is 0 Å². The van der Waals surface area contributed by atoms with Crippen LogP contribution in [-0.4, -0.2) is 40.4 Å². The van der Waals surface area contributed by atoms with Gasteiger partial charge in [0, 0.05) is 18.2 Å². The fourth-order valence-electron chi connectivity index (χ4n) is 2.12. The Kier molecular flexibility index (Phi) is 5.30. The summed E-state index contributed by atoms with van der Waals surface area (Å²) in [5.41, 5.74) is 0.912. The van der Waals surface area contributed by atoms with Gasteiger partial charge in [-0.15, -0.1) is 0 Å². The van der Waals surface area contributed by atoms with E-state index in [1.165, 1.54) is 0 Å². The van der Waals surface area contributed by atoms with E-state index in [0.717, 1.165) is 5.56 Å². The average Bonchev–Trinajstić information content (AvgIpc) is 2.86. The third-order valence-electron chi connectivity index (χ3n) is 3.09. The molecule has 6 nitrogen and oxygen atoms in total. The summed E-state index contributed by atoms with van der Waals surface area (Å²) in [4.78, 5) is 0. The van der Waals surface area contributed by atoms with Crippen molar-refractivity contribution in [3.8, 4) is 17.2 Å². The zero-order valence-electron chi connectivity index (χ0n) is 12.3. The summed E-state index contributed by atoms with van der Waals surface area (Å²) in [5, 5.41) is 3.05. The summed E-state index contributed by atoms with van der Waals surface area (Å²) in [5.74, 6) is 2.16. The lowest BCUT2D eigenvalue weighted by Crippen LogP contribution is -2.17. The molecule has 0 saturated heterocycles. The first-order chi connectivity index (χ1) is 10.1. The minimum atomic E-state index is -3.04. The average molecular weight is 315 g/mol. The summed E-state index contributed by atoms with van der Waals surface area (Å²) < 4.78 is 39.7. The smallest absolute Gasteiger partial charge is 0.231 e. The molecule has 0 saturated carbocycles. The van der Waals surface area contributed by atoms with Crippen molar-refractivity contribution in [2.75, 3.05) is 32.0 Å². The van der Waals surface area contributed by atoms with Gasteiger partial charge >= 0.3 is 0 Å². The van der Waals surface area contributed by atoms with Crippen LogP contribution < -0.4 is 19.5 Å². The molecule has 0 spiro atoms. The van der Waals surface area contributed by atoms with E-state index in [9.17, 15) is 8.42 Å². The first kappa shape index (κ1) is 15.9. The molecule has 0 radical (unpaired) electrons. The van der Waals surface area contributed by atoms with Crippen LogP contribution in [0.2, 0.25) is 0 Å². The maximum Gasteiger partial charge on any atom is 0.231 e. The van der Waals surface area contributed by atoms with E-state index in [1.807, 2.05) is 20.0 Å². The van der Waals surface area contributed by atoms with Crippen molar-refractivity contribution < 1.29 is 22.6 Å². The Morgan fingerprint density at radius 2 is 1.95 bits per heavy atom. The molecule has 21 heavy (non-hydrogen) atoms. The molecule has 1 heterocycles. The highest BCUT2D eigenvalue weighted by Gasteiger charge is 2.18. The van der Waals surface area contributed by atoms with E-state index in [-0.39, 0.29) is 24.9 Å². The number of fused-ring (bicyclic) bond motifs is 1. The molecule has 0 aliphatic carbocycles. The lowest BCUT2D eigenvalue weighted by atomic mass is 10.1. The Morgan fingerprint density at radius 3 is 2.62 bits per heavy atom. The number of rotatable bonds is 8. The van der Waals surface area contributed by atoms with Gasteiger partial charge in [0.1, 0.15) is 12.4 Å². The Labute approximate surface area is 125 Å². The van der Waals surface area contributed by atoms with Crippen LogP contribution in [0.3, 0.4) is 0 Å². The Bertz CT molecular complexity index is 585. The molecular formula is C14H21NO5S. The maximum atomic E-state index is 11.7. The zero-order valence-corrected chi connectivity index (χ0v) is 13.2. The SMILES string of the molecule is CCCS(=O)(=O)CCOc1cc2c(cc1CNC)OCO2. The van der Waals surface area contributed by atoms with E-state index in [4.69, 9.17) is 14.2 Å². The number of sulfone groups is 1. The fourth-order valence-corrected chi connectivity index (χ4v) is 3.28. The van der Waals surface area contributed by atoms with E-state index in [1.54, 1.807) is 6.07 Å². The third kappa shape index (κ3) is 4.25. The molecule has 1 aliphatic rings. The molecule has 0 aromatic heterocycles. The Balaban J connectivity index is 2.05. The van der Waals surface area contributed by atoms with Crippen LogP contribution in [0.5, 0.6) is 17.2 Å². The van der Waals surface area contributed by atoms with Gasteiger partial charge in [0.15, 0.2) is 21.3 Å². The fraction of sp³-hybridized carbons (Fsp3) is 0.571. The van der Waals surface area contributed by atoms with Gasteiger partial charge in [0.2, 0.25) is 6.79 Å². The summed E-state index contributed by atoms with van der Waals surface area (Å²) in [7, 11) is -1.20. The van der Waals surface area contributed by atoms with E-state index in [0.29, 0.717) is 30.2 Å². The molecule has 0 amide bonds. The Hall–Kier alpha value is -1.47. The molecule has 118 valence electrons. The first-order valence-electron chi connectivity index (χ1n) is 6.96. The van der Waals surface area contributed by atoms with Crippen LogP contribution in [0.25, 0.3) is 0 Å². The molecular weight excluding hydrogens is 294 g/mol. The second kappa shape index (κ2) is 7.00. The normalized spacial score (nSPS) is 13.4. The van der Waals surface area contributed by atoms with Crippen LogP contribution in [0.15, 0.2) is 12.1 Å². The molecule has 1 N–H and O–H groups in total. The predicted octanol–water partition coefficient (Wildman–Crippen LogP) is 1.34. The maximum absolute atomic E-state index is 11.7. The van der Waals surface area contributed by atoms with Crippen LogP contribution >= 0.6 is 0 Å². The van der Waals surface area contributed by atoms with E-state index >= 15 is 0 Å². The van der Waals surface area contributed by atoms with E-state index in [2.05, 4.69) is 5.32 Å². The van der Waals surface area contributed by atoms with Gasteiger partial charge in [-0.2, -0.15) is 0 Å². The lowest BCUT2D eigenvalue weighted by molar-refractivity contribution is 0.173. The van der Waals surface area contributed by atoms with Crippen LogP contribution in [0.4, 0.5) is 0 Å². The highest BCUT2D eigenvalue weighted by molar-refractivity contribution is 7.91. The van der Waals surface area contributed by atoms with Gasteiger partial charge in [-0.3, -0.25) is 0 Å². The van der Waals surface area contributed by atoms with Crippen molar-refractivity contribution >= 4 is 9.84 Å². The first-order valence-corrected chi connectivity index (χ1v) is 8.78. The standard InChI is InChI=1S/C14H21NO5S/c1-3-5-21(16,17)6-4-18-12-8-14-13(19-10-20-14)7-11(12)9-15-2/h7-8,15H,3-6,9-10H2,1-2H3. The molecule has 1 aromatic carbocycles. The summed E-state index contributed by atoms with van der Waals surface area (Å²) in [6.07, 6.45) is 0.622. The highest BCUT2D eigenvalue weighted by Crippen LogP contribution is 2.38. The number of hydrogen-bond donors (Lipinski definition) is 1. The molecule has 0 atom stereocenters. The van der Waals surface area contributed by atoms with Crippen LogP contribution in [0.1, 0.15) is 18.9 Å². The minimum absolute atomic E-state index is 0.0221.